The molecule has 1 unspecified atom stereocenters. The minimum Gasteiger partial charge on any atom is -0.481 e. The highest BCUT2D eigenvalue weighted by atomic mass is 35.5. The zero-order chi connectivity index (χ0) is 20.1. The number of aliphatic carboxylic acids is 1. The number of benzene rings is 2. The van der Waals surface area contributed by atoms with Gasteiger partial charge in [0.2, 0.25) is 0 Å². The molecule has 0 amide bonds. The monoisotopic (exact) mass is 408 g/mol. The summed E-state index contributed by atoms with van der Waals surface area (Å²) in [6.07, 6.45) is -1.31. The van der Waals surface area contributed by atoms with E-state index < -0.39 is 17.7 Å². The lowest BCUT2D eigenvalue weighted by molar-refractivity contribution is -0.138. The normalized spacial score (nSPS) is 15.2. The second-order valence-corrected chi connectivity index (χ2v) is 6.67. The van der Waals surface area contributed by atoms with E-state index in [0.717, 1.165) is 23.8 Å². The fourth-order valence-corrected chi connectivity index (χ4v) is 3.49. The van der Waals surface area contributed by atoms with Crippen molar-refractivity contribution >= 4 is 17.6 Å². The molecule has 1 aromatic heterocycles. The lowest BCUT2D eigenvalue weighted by Gasteiger charge is -2.13. The number of carboxylic acids is 1. The number of alkyl halides is 3. The van der Waals surface area contributed by atoms with Crippen molar-refractivity contribution in [1.82, 2.24) is 9.55 Å². The Kier molecular flexibility index (Phi) is 4.30. The van der Waals surface area contributed by atoms with E-state index in [1.807, 2.05) is 0 Å². The standard InChI is InChI=1S/C19H12ClF3N2O3/c20-14-7-10(19(21,22)23)1-4-16(14)28-11-2-3-12-13(8-11)18-24-5-6-25(18)15(12)9-17(26)27/h1-8,15H,9H2,(H,26,27). The van der Waals surface area contributed by atoms with Crippen LogP contribution in [0.5, 0.6) is 11.5 Å². The Bertz CT molecular complexity index is 1080. The number of fused-ring (bicyclic) bond motifs is 3. The van der Waals surface area contributed by atoms with E-state index in [2.05, 4.69) is 4.98 Å². The van der Waals surface area contributed by atoms with E-state index >= 15 is 0 Å². The number of imidazole rings is 1. The molecular weight excluding hydrogens is 397 g/mol. The third-order valence-electron chi connectivity index (χ3n) is 4.48. The van der Waals surface area contributed by atoms with Gasteiger partial charge in [-0.2, -0.15) is 13.2 Å². The summed E-state index contributed by atoms with van der Waals surface area (Å²) in [5.41, 5.74) is 0.630. The van der Waals surface area contributed by atoms with Crippen LogP contribution in [-0.2, 0) is 11.0 Å². The van der Waals surface area contributed by atoms with Gasteiger partial charge in [0.15, 0.2) is 0 Å². The zero-order valence-electron chi connectivity index (χ0n) is 14.1. The molecule has 1 N–H and O–H groups in total. The Morgan fingerprint density at radius 2 is 2.04 bits per heavy atom. The number of carboxylic acid groups (broad SMARTS) is 1. The zero-order valence-corrected chi connectivity index (χ0v) is 14.8. The minimum atomic E-state index is -4.49. The van der Waals surface area contributed by atoms with Crippen LogP contribution in [0.15, 0.2) is 48.8 Å². The summed E-state index contributed by atoms with van der Waals surface area (Å²) in [6, 6.07) is 7.49. The molecule has 0 fully saturated rings. The first-order valence-corrected chi connectivity index (χ1v) is 8.55. The van der Waals surface area contributed by atoms with Crippen molar-refractivity contribution in [2.75, 3.05) is 0 Å². The van der Waals surface area contributed by atoms with Crippen LogP contribution in [0.4, 0.5) is 13.2 Å². The van der Waals surface area contributed by atoms with Crippen LogP contribution in [0.3, 0.4) is 0 Å². The number of ether oxygens (including phenoxy) is 1. The fourth-order valence-electron chi connectivity index (χ4n) is 3.27. The molecule has 4 rings (SSSR count). The number of aromatic nitrogens is 2. The van der Waals surface area contributed by atoms with Crippen LogP contribution >= 0.6 is 11.6 Å². The maximum Gasteiger partial charge on any atom is 0.416 e. The van der Waals surface area contributed by atoms with E-state index in [0.29, 0.717) is 17.1 Å². The Morgan fingerprint density at radius 3 is 2.71 bits per heavy atom. The van der Waals surface area contributed by atoms with Crippen molar-refractivity contribution < 1.29 is 27.8 Å². The second-order valence-electron chi connectivity index (χ2n) is 6.27. The molecule has 1 aliphatic rings. The van der Waals surface area contributed by atoms with Crippen molar-refractivity contribution in [3.8, 4) is 22.9 Å². The van der Waals surface area contributed by atoms with E-state index in [1.54, 1.807) is 35.2 Å². The minimum absolute atomic E-state index is 0.0815. The molecule has 0 saturated carbocycles. The molecule has 0 aliphatic carbocycles. The number of rotatable bonds is 4. The van der Waals surface area contributed by atoms with Gasteiger partial charge in [0.05, 0.1) is 23.0 Å². The molecule has 0 spiro atoms. The van der Waals surface area contributed by atoms with Gasteiger partial charge >= 0.3 is 12.1 Å². The highest BCUT2D eigenvalue weighted by molar-refractivity contribution is 6.32. The number of nitrogens with zero attached hydrogens (tertiary/aromatic N) is 2. The van der Waals surface area contributed by atoms with Crippen LogP contribution in [-0.4, -0.2) is 20.6 Å². The number of hydrogen-bond donors (Lipinski definition) is 1. The summed E-state index contributed by atoms with van der Waals surface area (Å²) in [5, 5.41) is 9.00. The van der Waals surface area contributed by atoms with Gasteiger partial charge in [-0.05, 0) is 35.9 Å². The Hall–Kier alpha value is -3.00. The molecule has 2 aromatic carbocycles. The molecule has 144 valence electrons. The highest BCUT2D eigenvalue weighted by Crippen LogP contribution is 2.43. The largest absolute Gasteiger partial charge is 0.481 e. The number of hydrogen-bond acceptors (Lipinski definition) is 3. The van der Waals surface area contributed by atoms with E-state index in [9.17, 15) is 18.0 Å². The number of carbonyl (C=O) groups is 1. The van der Waals surface area contributed by atoms with Gasteiger partial charge in [0.1, 0.15) is 17.3 Å². The average molecular weight is 409 g/mol. The lowest BCUT2D eigenvalue weighted by atomic mass is 10.0. The van der Waals surface area contributed by atoms with Gasteiger partial charge in [0.25, 0.3) is 0 Å². The van der Waals surface area contributed by atoms with Crippen LogP contribution < -0.4 is 4.74 Å². The highest BCUT2D eigenvalue weighted by Gasteiger charge is 2.32. The summed E-state index contributed by atoms with van der Waals surface area (Å²) >= 11 is 5.94. The molecular formula is C19H12ClF3N2O3. The van der Waals surface area contributed by atoms with Crippen LogP contribution in [0.25, 0.3) is 11.4 Å². The predicted molar refractivity (Wildman–Crippen MR) is 94.6 cm³/mol. The summed E-state index contributed by atoms with van der Waals surface area (Å²) in [5.74, 6) is 0.101. The Morgan fingerprint density at radius 1 is 1.25 bits per heavy atom. The molecule has 1 atom stereocenters. The molecule has 9 heteroatoms. The van der Waals surface area contributed by atoms with Gasteiger partial charge in [-0.15, -0.1) is 0 Å². The molecule has 28 heavy (non-hydrogen) atoms. The van der Waals surface area contributed by atoms with Crippen molar-refractivity contribution in [2.45, 2.75) is 18.6 Å². The first-order chi connectivity index (χ1) is 13.2. The predicted octanol–water partition coefficient (Wildman–Crippen LogP) is 5.39. The second kappa shape index (κ2) is 6.56. The summed E-state index contributed by atoms with van der Waals surface area (Å²) < 4.78 is 45.7. The van der Waals surface area contributed by atoms with E-state index in [-0.39, 0.29) is 23.2 Å². The van der Waals surface area contributed by atoms with Gasteiger partial charge < -0.3 is 14.4 Å². The molecule has 0 radical (unpaired) electrons. The number of halogens is 4. The third kappa shape index (κ3) is 3.20. The van der Waals surface area contributed by atoms with Crippen LogP contribution in [0.2, 0.25) is 5.02 Å². The first kappa shape index (κ1) is 18.4. The van der Waals surface area contributed by atoms with Gasteiger partial charge in [-0.1, -0.05) is 17.7 Å². The van der Waals surface area contributed by atoms with Crippen molar-refractivity contribution in [3.05, 3.63) is 64.9 Å². The molecule has 0 saturated heterocycles. The topological polar surface area (TPSA) is 64.3 Å². The molecule has 3 aromatic rings. The molecule has 5 nitrogen and oxygen atoms in total. The fraction of sp³-hybridized carbons (Fsp3) is 0.158. The summed E-state index contributed by atoms with van der Waals surface area (Å²) in [6.45, 7) is 0. The molecule has 2 heterocycles. The van der Waals surface area contributed by atoms with E-state index in [1.165, 1.54) is 0 Å². The van der Waals surface area contributed by atoms with Gasteiger partial charge in [-0.3, -0.25) is 4.79 Å². The van der Waals surface area contributed by atoms with Gasteiger partial charge in [-0.25, -0.2) is 4.98 Å². The smallest absolute Gasteiger partial charge is 0.416 e. The lowest BCUT2D eigenvalue weighted by Crippen LogP contribution is -2.10. The molecule has 1 aliphatic heterocycles. The summed E-state index contributed by atoms with van der Waals surface area (Å²) in [7, 11) is 0. The van der Waals surface area contributed by atoms with Crippen molar-refractivity contribution in [1.29, 1.82) is 0 Å². The first-order valence-electron chi connectivity index (χ1n) is 8.17. The average Bonchev–Trinajstić information content (AvgIpc) is 3.18. The van der Waals surface area contributed by atoms with Crippen molar-refractivity contribution in [2.24, 2.45) is 0 Å². The molecule has 0 bridgehead atoms. The van der Waals surface area contributed by atoms with E-state index in [4.69, 9.17) is 21.4 Å². The Labute approximate surface area is 162 Å². The van der Waals surface area contributed by atoms with Gasteiger partial charge in [0, 0.05) is 18.0 Å². The Balaban J connectivity index is 1.66. The quantitative estimate of drug-likeness (QED) is 0.628. The summed E-state index contributed by atoms with van der Waals surface area (Å²) in [4.78, 5) is 15.5. The van der Waals surface area contributed by atoms with Crippen LogP contribution in [0, 0.1) is 0 Å². The SMILES string of the molecule is O=C(O)CC1c2ccc(Oc3ccc(C(F)(F)F)cc3Cl)cc2-c2nccn21. The van der Waals surface area contributed by atoms with Crippen LogP contribution in [0.1, 0.15) is 23.6 Å². The maximum atomic E-state index is 12.8. The van der Waals surface area contributed by atoms with Crippen molar-refractivity contribution in [3.63, 3.8) is 0 Å². The maximum absolute atomic E-state index is 12.8. The third-order valence-corrected chi connectivity index (χ3v) is 4.78.